The molecule has 0 saturated heterocycles. The van der Waals surface area contributed by atoms with Gasteiger partial charge in [0.15, 0.2) is 5.69 Å². The number of rotatable bonds is 2. The lowest BCUT2D eigenvalue weighted by Gasteiger charge is -2.05. The molecule has 4 nitrogen and oxygen atoms in total. The smallest absolute Gasteiger partial charge is 0.416 e. The summed E-state index contributed by atoms with van der Waals surface area (Å²) < 4.78 is 45.1. The number of ether oxygens (including phenoxy) is 1. The van der Waals surface area contributed by atoms with Crippen LogP contribution in [0, 0.1) is 0 Å². The quantitative estimate of drug-likeness (QED) is 0.677. The lowest BCUT2D eigenvalue weighted by atomic mass is 10.2. The first kappa shape index (κ1) is 13.9. The third-order valence-corrected chi connectivity index (χ3v) is 4.08. The molecule has 0 fully saturated rings. The number of aromatic nitrogens is 2. The highest BCUT2D eigenvalue weighted by Gasteiger charge is 2.31. The molecule has 3 rings (SSSR count). The molecule has 0 bridgehead atoms. The zero-order chi connectivity index (χ0) is 15.2. The van der Waals surface area contributed by atoms with E-state index in [1.54, 1.807) is 11.3 Å². The highest BCUT2D eigenvalue weighted by Crippen LogP contribution is 2.35. The van der Waals surface area contributed by atoms with E-state index in [1.807, 2.05) is 0 Å². The van der Waals surface area contributed by atoms with Crippen LogP contribution >= 0.6 is 11.3 Å². The van der Waals surface area contributed by atoms with Crippen molar-refractivity contribution in [2.45, 2.75) is 13.1 Å². The van der Waals surface area contributed by atoms with E-state index >= 15 is 0 Å². The summed E-state index contributed by atoms with van der Waals surface area (Å²) in [5, 5.41) is 0. The summed E-state index contributed by atoms with van der Waals surface area (Å²) >= 11 is 1.08. The summed E-state index contributed by atoms with van der Waals surface area (Å²) in [5.74, 6) is -0.581. The number of carbonyl (C=O) groups excluding carboxylic acids is 1. The standard InChI is InChI=1S/C13H9F3N2O2S/c1-2-20-12(19)10-11-18(6-17-10)8-4-3-7(13(14,15)16)5-9(8)21-11/h3-6H,2H2,1H3. The highest BCUT2D eigenvalue weighted by atomic mass is 32.1. The van der Waals surface area contributed by atoms with E-state index in [1.165, 1.54) is 12.4 Å². The average Bonchev–Trinajstić information content (AvgIpc) is 2.95. The number of thiazole rings is 1. The van der Waals surface area contributed by atoms with Crippen LogP contribution in [0.3, 0.4) is 0 Å². The van der Waals surface area contributed by atoms with Gasteiger partial charge in [-0.05, 0) is 25.1 Å². The Morgan fingerprint density at radius 1 is 1.43 bits per heavy atom. The van der Waals surface area contributed by atoms with Crippen molar-refractivity contribution in [3.8, 4) is 0 Å². The van der Waals surface area contributed by atoms with E-state index in [4.69, 9.17) is 4.74 Å². The van der Waals surface area contributed by atoms with Gasteiger partial charge in [0.2, 0.25) is 0 Å². The van der Waals surface area contributed by atoms with Crippen molar-refractivity contribution in [2.24, 2.45) is 0 Å². The molecule has 21 heavy (non-hydrogen) atoms. The van der Waals surface area contributed by atoms with Crippen LogP contribution in [0.15, 0.2) is 24.5 Å². The molecular weight excluding hydrogens is 305 g/mol. The van der Waals surface area contributed by atoms with Crippen molar-refractivity contribution in [3.05, 3.63) is 35.8 Å². The van der Waals surface area contributed by atoms with E-state index in [-0.39, 0.29) is 12.3 Å². The zero-order valence-electron chi connectivity index (χ0n) is 10.8. The van der Waals surface area contributed by atoms with Gasteiger partial charge in [0.1, 0.15) is 11.2 Å². The third kappa shape index (κ3) is 2.25. The summed E-state index contributed by atoms with van der Waals surface area (Å²) in [6.45, 7) is 1.88. The van der Waals surface area contributed by atoms with Gasteiger partial charge >= 0.3 is 12.1 Å². The second kappa shape index (κ2) is 4.73. The molecule has 3 aromatic rings. The third-order valence-electron chi connectivity index (χ3n) is 2.95. The van der Waals surface area contributed by atoms with Gasteiger partial charge in [0.25, 0.3) is 0 Å². The maximum Gasteiger partial charge on any atom is 0.416 e. The lowest BCUT2D eigenvalue weighted by Crippen LogP contribution is -2.04. The minimum atomic E-state index is -4.39. The van der Waals surface area contributed by atoms with Gasteiger partial charge in [-0.2, -0.15) is 13.2 Å². The first-order valence-corrected chi connectivity index (χ1v) is 6.87. The lowest BCUT2D eigenvalue weighted by molar-refractivity contribution is -0.137. The number of hydrogen-bond acceptors (Lipinski definition) is 4. The predicted molar refractivity (Wildman–Crippen MR) is 71.5 cm³/mol. The molecule has 0 aliphatic rings. The number of carbonyl (C=O) groups is 1. The molecule has 110 valence electrons. The van der Waals surface area contributed by atoms with Crippen LogP contribution in [-0.2, 0) is 10.9 Å². The van der Waals surface area contributed by atoms with Crippen molar-refractivity contribution >= 4 is 32.4 Å². The van der Waals surface area contributed by atoms with E-state index < -0.39 is 17.7 Å². The Hall–Kier alpha value is -2.09. The molecule has 1 aromatic carbocycles. The summed E-state index contributed by atoms with van der Waals surface area (Å²) in [5.41, 5.74) is -0.0252. The number of hydrogen-bond donors (Lipinski definition) is 0. The van der Waals surface area contributed by atoms with E-state index in [9.17, 15) is 18.0 Å². The maximum absolute atomic E-state index is 12.7. The number of benzene rings is 1. The Bertz CT molecular complexity index is 835. The number of nitrogens with zero attached hydrogens (tertiary/aromatic N) is 2. The van der Waals surface area contributed by atoms with Gasteiger partial charge in [-0.25, -0.2) is 9.78 Å². The second-order valence-corrected chi connectivity index (χ2v) is 5.30. The fraction of sp³-hybridized carbons (Fsp3) is 0.231. The molecule has 8 heteroatoms. The topological polar surface area (TPSA) is 43.6 Å². The Kier molecular flexibility index (Phi) is 3.12. The van der Waals surface area contributed by atoms with Gasteiger partial charge < -0.3 is 4.74 Å². The minimum Gasteiger partial charge on any atom is -0.461 e. The Morgan fingerprint density at radius 2 is 2.19 bits per heavy atom. The van der Waals surface area contributed by atoms with E-state index in [2.05, 4.69) is 4.98 Å². The van der Waals surface area contributed by atoms with Crippen molar-refractivity contribution in [3.63, 3.8) is 0 Å². The minimum absolute atomic E-state index is 0.117. The fourth-order valence-electron chi connectivity index (χ4n) is 2.02. The van der Waals surface area contributed by atoms with Gasteiger partial charge in [0.05, 0.1) is 22.4 Å². The highest BCUT2D eigenvalue weighted by molar-refractivity contribution is 7.24. The van der Waals surface area contributed by atoms with Crippen molar-refractivity contribution in [1.29, 1.82) is 0 Å². The number of esters is 1. The summed E-state index contributed by atoms with van der Waals surface area (Å²) in [6, 6.07) is 3.46. The Morgan fingerprint density at radius 3 is 2.86 bits per heavy atom. The largest absolute Gasteiger partial charge is 0.461 e. The van der Waals surface area contributed by atoms with Crippen LogP contribution in [0.25, 0.3) is 15.0 Å². The summed E-state index contributed by atoms with van der Waals surface area (Å²) in [4.78, 5) is 16.2. The molecule has 0 N–H and O–H groups in total. The molecule has 2 heterocycles. The first-order chi connectivity index (χ1) is 9.91. The van der Waals surface area contributed by atoms with Crippen molar-refractivity contribution < 1.29 is 22.7 Å². The predicted octanol–water partition coefficient (Wildman–Crippen LogP) is 3.74. The van der Waals surface area contributed by atoms with E-state index in [0.29, 0.717) is 15.0 Å². The maximum atomic E-state index is 12.7. The van der Waals surface area contributed by atoms with Crippen LogP contribution in [0.2, 0.25) is 0 Å². The van der Waals surface area contributed by atoms with Crippen LogP contribution < -0.4 is 0 Å². The normalized spacial score (nSPS) is 12.2. The SMILES string of the molecule is CCOC(=O)c1ncn2c1sc1cc(C(F)(F)F)ccc12. The van der Waals surface area contributed by atoms with Crippen LogP contribution in [0.1, 0.15) is 23.0 Å². The molecule has 0 amide bonds. The van der Waals surface area contributed by atoms with Crippen LogP contribution in [-0.4, -0.2) is 22.0 Å². The van der Waals surface area contributed by atoms with Gasteiger partial charge in [-0.3, -0.25) is 4.40 Å². The number of alkyl halides is 3. The summed E-state index contributed by atoms with van der Waals surface area (Å²) in [7, 11) is 0. The van der Waals surface area contributed by atoms with Crippen molar-refractivity contribution in [1.82, 2.24) is 9.38 Å². The average molecular weight is 314 g/mol. The fourth-order valence-corrected chi connectivity index (χ4v) is 3.16. The molecule has 0 atom stereocenters. The van der Waals surface area contributed by atoms with Gasteiger partial charge in [0, 0.05) is 0 Å². The molecule has 0 aliphatic heterocycles. The number of halogens is 3. The second-order valence-electron chi connectivity index (χ2n) is 4.27. The Labute approximate surface area is 120 Å². The molecular formula is C13H9F3N2O2S. The number of imidazole rings is 1. The molecule has 2 aromatic heterocycles. The van der Waals surface area contributed by atoms with Gasteiger partial charge in [-0.15, -0.1) is 11.3 Å². The monoisotopic (exact) mass is 314 g/mol. The molecule has 0 spiro atoms. The van der Waals surface area contributed by atoms with Crippen molar-refractivity contribution in [2.75, 3.05) is 6.61 Å². The van der Waals surface area contributed by atoms with E-state index in [0.717, 1.165) is 23.5 Å². The zero-order valence-corrected chi connectivity index (χ0v) is 11.6. The molecule has 0 aliphatic carbocycles. The molecule has 0 radical (unpaired) electrons. The molecule has 0 unspecified atom stereocenters. The Balaban J connectivity index is 2.18. The van der Waals surface area contributed by atoms with Gasteiger partial charge in [-0.1, -0.05) is 0 Å². The van der Waals surface area contributed by atoms with Crippen LogP contribution in [0.4, 0.5) is 13.2 Å². The number of fused-ring (bicyclic) bond motifs is 3. The first-order valence-electron chi connectivity index (χ1n) is 6.05. The molecule has 0 saturated carbocycles. The summed E-state index contributed by atoms with van der Waals surface area (Å²) in [6.07, 6.45) is -2.98. The van der Waals surface area contributed by atoms with Crippen LogP contribution in [0.5, 0.6) is 0 Å².